The van der Waals surface area contributed by atoms with Crippen LogP contribution in [-0.4, -0.2) is 52.0 Å². The summed E-state index contributed by atoms with van der Waals surface area (Å²) in [5.41, 5.74) is 3.13. The Balaban J connectivity index is 1.20. The number of benzene rings is 1. The van der Waals surface area contributed by atoms with E-state index < -0.39 is 0 Å². The summed E-state index contributed by atoms with van der Waals surface area (Å²) < 4.78 is 7.38. The molecule has 1 atom stereocenters. The fourth-order valence-corrected chi connectivity index (χ4v) is 4.18. The van der Waals surface area contributed by atoms with Crippen LogP contribution in [0.15, 0.2) is 24.4 Å². The monoisotopic (exact) mass is 353 g/mol. The van der Waals surface area contributed by atoms with Crippen molar-refractivity contribution in [2.24, 2.45) is 0 Å². The minimum absolute atomic E-state index is 0.119. The average Bonchev–Trinajstić information content (AvgIpc) is 3.19. The van der Waals surface area contributed by atoms with Crippen LogP contribution in [0.3, 0.4) is 0 Å². The fourth-order valence-electron chi connectivity index (χ4n) is 4.18. The highest BCUT2D eigenvalue weighted by molar-refractivity contribution is 5.92. The van der Waals surface area contributed by atoms with Crippen molar-refractivity contribution < 1.29 is 9.53 Å². The minimum Gasteiger partial charge on any atom is -0.496 e. The van der Waals surface area contributed by atoms with Crippen LogP contribution in [0.5, 0.6) is 5.75 Å². The van der Waals surface area contributed by atoms with Crippen molar-refractivity contribution in [2.75, 3.05) is 20.2 Å². The Labute approximate surface area is 152 Å². The number of nitrogens with zero attached hydrogens (tertiary/aromatic N) is 4. The van der Waals surface area contributed by atoms with Crippen LogP contribution >= 0.6 is 0 Å². The molecular formula is C19H23N5O2. The van der Waals surface area contributed by atoms with Crippen LogP contribution in [0.25, 0.3) is 0 Å². The summed E-state index contributed by atoms with van der Waals surface area (Å²) in [4.78, 5) is 14.8. The number of methoxy groups -OCH3 is 1. The van der Waals surface area contributed by atoms with E-state index in [1.165, 1.54) is 11.1 Å². The Morgan fingerprint density at radius 2 is 2.12 bits per heavy atom. The van der Waals surface area contributed by atoms with Gasteiger partial charge >= 0.3 is 0 Å². The molecule has 1 unspecified atom stereocenters. The molecule has 136 valence electrons. The molecule has 1 amide bonds. The summed E-state index contributed by atoms with van der Waals surface area (Å²) in [6.45, 7) is 1.73. The first-order valence-electron chi connectivity index (χ1n) is 9.35. The summed E-state index contributed by atoms with van der Waals surface area (Å²) >= 11 is 0. The number of aromatic nitrogens is 3. The van der Waals surface area contributed by atoms with Gasteiger partial charge in [0.05, 0.1) is 25.4 Å². The number of amides is 1. The largest absolute Gasteiger partial charge is 0.496 e. The van der Waals surface area contributed by atoms with E-state index in [-0.39, 0.29) is 11.9 Å². The maximum atomic E-state index is 12.4. The second-order valence-corrected chi connectivity index (χ2v) is 7.53. The van der Waals surface area contributed by atoms with E-state index >= 15 is 0 Å². The van der Waals surface area contributed by atoms with Gasteiger partial charge in [0.2, 0.25) is 0 Å². The van der Waals surface area contributed by atoms with Crippen LogP contribution in [0.4, 0.5) is 0 Å². The van der Waals surface area contributed by atoms with E-state index in [0.29, 0.717) is 17.8 Å². The third kappa shape index (κ3) is 2.67. The van der Waals surface area contributed by atoms with Gasteiger partial charge in [-0.15, -0.1) is 5.10 Å². The van der Waals surface area contributed by atoms with Gasteiger partial charge in [-0.1, -0.05) is 17.3 Å². The van der Waals surface area contributed by atoms with Crippen molar-refractivity contribution >= 4 is 5.91 Å². The molecule has 3 aliphatic rings. The van der Waals surface area contributed by atoms with Gasteiger partial charge in [-0.25, -0.2) is 4.68 Å². The van der Waals surface area contributed by atoms with Crippen LogP contribution < -0.4 is 10.1 Å². The molecule has 2 aromatic rings. The Morgan fingerprint density at radius 3 is 2.88 bits per heavy atom. The summed E-state index contributed by atoms with van der Waals surface area (Å²) in [6, 6.07) is 7.31. The maximum absolute atomic E-state index is 12.4. The molecule has 0 bridgehead atoms. The third-order valence-electron chi connectivity index (χ3n) is 5.75. The highest BCUT2D eigenvalue weighted by Gasteiger charge is 2.38. The number of hydrogen-bond acceptors (Lipinski definition) is 5. The molecule has 1 saturated carbocycles. The number of carbonyl (C=O) groups is 1. The van der Waals surface area contributed by atoms with E-state index in [0.717, 1.165) is 44.5 Å². The van der Waals surface area contributed by atoms with Gasteiger partial charge in [-0.05, 0) is 37.3 Å². The van der Waals surface area contributed by atoms with Gasteiger partial charge in [-0.3, -0.25) is 9.69 Å². The Morgan fingerprint density at radius 1 is 1.27 bits per heavy atom. The van der Waals surface area contributed by atoms with Gasteiger partial charge in [0.25, 0.3) is 5.91 Å². The van der Waals surface area contributed by atoms with Crippen molar-refractivity contribution in [1.82, 2.24) is 25.2 Å². The summed E-state index contributed by atoms with van der Waals surface area (Å²) in [7, 11) is 1.74. The Bertz CT molecular complexity index is 838. The number of ether oxygens (including phenoxy) is 1. The fraction of sp³-hybridized carbons (Fsp3) is 0.526. The lowest BCUT2D eigenvalue weighted by Crippen LogP contribution is -2.59. The zero-order valence-electron chi connectivity index (χ0n) is 14.9. The van der Waals surface area contributed by atoms with Crippen molar-refractivity contribution in [3.05, 3.63) is 41.2 Å². The molecule has 2 heterocycles. The zero-order chi connectivity index (χ0) is 17.7. The van der Waals surface area contributed by atoms with Crippen LogP contribution in [0.2, 0.25) is 0 Å². The van der Waals surface area contributed by atoms with Crippen molar-refractivity contribution in [3.63, 3.8) is 0 Å². The Hall–Kier alpha value is -2.41. The molecule has 1 aromatic heterocycles. The van der Waals surface area contributed by atoms with Gasteiger partial charge in [-0.2, -0.15) is 0 Å². The van der Waals surface area contributed by atoms with E-state index in [1.54, 1.807) is 13.3 Å². The van der Waals surface area contributed by atoms with Crippen LogP contribution in [-0.2, 0) is 6.42 Å². The predicted molar refractivity (Wildman–Crippen MR) is 95.2 cm³/mol. The van der Waals surface area contributed by atoms with Crippen molar-refractivity contribution in [1.29, 1.82) is 0 Å². The van der Waals surface area contributed by atoms with E-state index in [4.69, 9.17) is 4.74 Å². The van der Waals surface area contributed by atoms with Crippen LogP contribution in [0.1, 0.15) is 53.0 Å². The van der Waals surface area contributed by atoms with Crippen molar-refractivity contribution in [2.45, 2.75) is 43.8 Å². The topological polar surface area (TPSA) is 72.3 Å². The number of likely N-dealkylation sites (tertiary alicyclic amines) is 1. The number of carbonyl (C=O) groups excluding carboxylic acids is 1. The Kier molecular flexibility index (Phi) is 3.70. The number of rotatable bonds is 5. The van der Waals surface area contributed by atoms with Crippen LogP contribution in [0, 0.1) is 0 Å². The van der Waals surface area contributed by atoms with Gasteiger partial charge in [0.15, 0.2) is 5.69 Å². The molecular weight excluding hydrogens is 330 g/mol. The molecule has 7 nitrogen and oxygen atoms in total. The van der Waals surface area contributed by atoms with E-state index in [1.807, 2.05) is 10.7 Å². The van der Waals surface area contributed by atoms with E-state index in [2.05, 4.69) is 32.7 Å². The zero-order valence-corrected chi connectivity index (χ0v) is 14.9. The lowest BCUT2D eigenvalue weighted by atomic mass is 9.99. The summed E-state index contributed by atoms with van der Waals surface area (Å²) in [5, 5.41) is 11.1. The normalized spacial score (nSPS) is 22.7. The van der Waals surface area contributed by atoms with Gasteiger partial charge in [0.1, 0.15) is 5.75 Å². The molecule has 0 spiro atoms. The molecule has 26 heavy (non-hydrogen) atoms. The average molecular weight is 353 g/mol. The molecule has 1 N–H and O–H groups in total. The summed E-state index contributed by atoms with van der Waals surface area (Å²) in [5.74, 6) is 0.861. The molecule has 1 aliphatic heterocycles. The lowest BCUT2D eigenvalue weighted by molar-refractivity contribution is 0.0624. The first kappa shape index (κ1) is 15.8. The number of fused-ring (bicyclic) bond motifs is 1. The van der Waals surface area contributed by atoms with E-state index in [9.17, 15) is 4.79 Å². The van der Waals surface area contributed by atoms with Crippen molar-refractivity contribution in [3.8, 4) is 5.75 Å². The predicted octanol–water partition coefficient (Wildman–Crippen LogP) is 1.72. The second-order valence-electron chi connectivity index (χ2n) is 7.53. The second kappa shape index (κ2) is 6.09. The highest BCUT2D eigenvalue weighted by atomic mass is 16.5. The minimum atomic E-state index is -0.119. The standard InChI is InChI=1S/C19H23N5O2/c1-26-17-4-2-3-12-5-8-16(18(12)17)23-9-13(10-23)20-19(25)15-11-24(22-21-15)14-6-7-14/h2-4,11,13-14,16H,5-10H2,1H3,(H,20,25). The smallest absolute Gasteiger partial charge is 0.273 e. The first-order chi connectivity index (χ1) is 12.7. The SMILES string of the molecule is COc1cccc2c1C(N1CC(NC(=O)c3cn(C4CC4)nn3)C1)CC2. The quantitative estimate of drug-likeness (QED) is 0.886. The number of nitrogens with one attached hydrogen (secondary N) is 1. The first-order valence-corrected chi connectivity index (χ1v) is 9.35. The van der Waals surface area contributed by atoms with Gasteiger partial charge in [0, 0.05) is 24.7 Å². The molecule has 7 heteroatoms. The van der Waals surface area contributed by atoms with Gasteiger partial charge < -0.3 is 10.1 Å². The lowest BCUT2D eigenvalue weighted by Gasteiger charge is -2.43. The maximum Gasteiger partial charge on any atom is 0.273 e. The number of aryl methyl sites for hydroxylation is 1. The molecule has 2 aliphatic carbocycles. The molecule has 2 fully saturated rings. The summed E-state index contributed by atoms with van der Waals surface area (Å²) in [6.07, 6.45) is 6.24. The third-order valence-corrected chi connectivity index (χ3v) is 5.75. The molecule has 0 radical (unpaired) electrons. The highest BCUT2D eigenvalue weighted by Crippen LogP contribution is 2.43. The molecule has 1 aromatic carbocycles. The molecule has 5 rings (SSSR count). The molecule has 1 saturated heterocycles. The number of hydrogen-bond donors (Lipinski definition) is 1.